The molecule has 0 saturated heterocycles. The number of fused-ring (bicyclic) bond motifs is 2. The zero-order chi connectivity index (χ0) is 26.2. The first-order valence-electron chi connectivity index (χ1n) is 11.9. The molecule has 1 unspecified atom stereocenters. The smallest absolute Gasteiger partial charge is 0.416 e. The number of hydrogen-bond donors (Lipinski definition) is 1. The Hall–Kier alpha value is -3.92. The number of rotatable bonds is 6. The molecule has 0 bridgehead atoms. The number of anilines is 1. The predicted molar refractivity (Wildman–Crippen MR) is 131 cm³/mol. The van der Waals surface area contributed by atoms with E-state index in [-0.39, 0.29) is 35.3 Å². The number of benzene rings is 3. The molecule has 0 saturated carbocycles. The van der Waals surface area contributed by atoms with Gasteiger partial charge in [0, 0.05) is 23.7 Å². The third kappa shape index (κ3) is 5.15. The number of alkyl halides is 3. The van der Waals surface area contributed by atoms with E-state index in [1.54, 1.807) is 0 Å². The predicted octanol–water partition coefficient (Wildman–Crippen LogP) is 5.17. The van der Waals surface area contributed by atoms with Gasteiger partial charge in [-0.1, -0.05) is 30.3 Å². The molecule has 1 N–H and O–H groups in total. The molecule has 1 atom stereocenters. The van der Waals surface area contributed by atoms with Crippen molar-refractivity contribution in [1.29, 1.82) is 0 Å². The summed E-state index contributed by atoms with van der Waals surface area (Å²) in [6.07, 6.45) is -2.39. The largest absolute Gasteiger partial charge is 0.489 e. The number of carbonyl (C=O) groups excluding carboxylic acids is 1. The number of halogens is 3. The van der Waals surface area contributed by atoms with Crippen LogP contribution in [0, 0.1) is 10.1 Å². The molecule has 192 valence electrons. The Bertz CT molecular complexity index is 1320. The van der Waals surface area contributed by atoms with Crippen LogP contribution in [0.3, 0.4) is 0 Å². The highest BCUT2D eigenvalue weighted by molar-refractivity contribution is 6.08. The van der Waals surface area contributed by atoms with Gasteiger partial charge in [-0.15, -0.1) is 0 Å². The molecule has 7 nitrogen and oxygen atoms in total. The number of nitrogens with one attached hydrogen (secondary N) is 1. The molecule has 1 amide bonds. The third-order valence-corrected chi connectivity index (χ3v) is 6.83. The summed E-state index contributed by atoms with van der Waals surface area (Å²) in [5.41, 5.74) is 1.42. The van der Waals surface area contributed by atoms with Crippen LogP contribution in [0.5, 0.6) is 5.75 Å². The molecular weight excluding hydrogens is 487 g/mol. The van der Waals surface area contributed by atoms with E-state index >= 15 is 0 Å². The molecule has 0 fully saturated rings. The van der Waals surface area contributed by atoms with Crippen LogP contribution in [0.4, 0.5) is 24.5 Å². The van der Waals surface area contributed by atoms with Gasteiger partial charge in [-0.05, 0) is 61.2 Å². The number of ether oxygens (including phenoxy) is 1. The number of nitro benzene ring substituents is 1. The summed E-state index contributed by atoms with van der Waals surface area (Å²) >= 11 is 0. The molecule has 3 aromatic rings. The lowest BCUT2D eigenvalue weighted by Crippen LogP contribution is -2.48. The van der Waals surface area contributed by atoms with Crippen molar-refractivity contribution in [3.05, 3.63) is 99.1 Å². The zero-order valence-corrected chi connectivity index (χ0v) is 19.7. The molecule has 1 aliphatic carbocycles. The molecule has 1 aliphatic heterocycles. The quantitative estimate of drug-likeness (QED) is 0.365. The molecule has 37 heavy (non-hydrogen) atoms. The summed E-state index contributed by atoms with van der Waals surface area (Å²) in [5, 5.41) is 14.9. The third-order valence-electron chi connectivity index (χ3n) is 6.83. The SMILES string of the molecule is O=C(c1cccc(C(F)(F)F)c1)N1c2cc([N+](=O)[O-])ccc2OCC1CCNC1Cc2ccccc2C1. The van der Waals surface area contributed by atoms with Crippen LogP contribution >= 0.6 is 0 Å². The Kier molecular flexibility index (Phi) is 6.59. The Morgan fingerprint density at radius 2 is 1.78 bits per heavy atom. The van der Waals surface area contributed by atoms with Crippen LogP contribution in [0.1, 0.15) is 33.5 Å². The minimum absolute atomic E-state index is 0.113. The monoisotopic (exact) mass is 511 g/mol. The fourth-order valence-corrected chi connectivity index (χ4v) is 5.00. The second-order valence-electron chi connectivity index (χ2n) is 9.24. The van der Waals surface area contributed by atoms with Crippen LogP contribution in [0.2, 0.25) is 0 Å². The molecule has 0 radical (unpaired) electrons. The standard InChI is InChI=1S/C27H24F3N3O4/c28-27(29,30)20-7-3-6-19(12-20)26(34)32-23(16-37-25-9-8-22(33(35)36)15-24(25)32)10-11-31-21-13-17-4-1-2-5-18(17)14-21/h1-9,12,15,21,23,31H,10-11,13-14,16H2. The first-order valence-corrected chi connectivity index (χ1v) is 11.9. The maximum absolute atomic E-state index is 13.6. The van der Waals surface area contributed by atoms with Crippen molar-refractivity contribution >= 4 is 17.3 Å². The van der Waals surface area contributed by atoms with Gasteiger partial charge in [0.15, 0.2) is 0 Å². The second kappa shape index (κ2) is 9.85. The Balaban J connectivity index is 1.39. The first kappa shape index (κ1) is 24.8. The minimum atomic E-state index is -4.61. The van der Waals surface area contributed by atoms with E-state index < -0.39 is 28.6 Å². The van der Waals surface area contributed by atoms with Crippen molar-refractivity contribution in [1.82, 2.24) is 5.32 Å². The van der Waals surface area contributed by atoms with E-state index in [4.69, 9.17) is 4.74 Å². The van der Waals surface area contributed by atoms with Crippen LogP contribution in [-0.2, 0) is 19.0 Å². The minimum Gasteiger partial charge on any atom is -0.489 e. The molecule has 5 rings (SSSR count). The van der Waals surface area contributed by atoms with Crippen LogP contribution in [0.25, 0.3) is 0 Å². The van der Waals surface area contributed by atoms with Gasteiger partial charge in [-0.3, -0.25) is 19.8 Å². The molecule has 1 heterocycles. The summed E-state index contributed by atoms with van der Waals surface area (Å²) in [5.74, 6) is -0.407. The molecule has 3 aromatic carbocycles. The average molecular weight is 512 g/mol. The molecule has 0 aromatic heterocycles. The second-order valence-corrected chi connectivity index (χ2v) is 9.24. The summed E-state index contributed by atoms with van der Waals surface area (Å²) in [4.78, 5) is 25.8. The Morgan fingerprint density at radius 1 is 1.05 bits per heavy atom. The highest BCUT2D eigenvalue weighted by atomic mass is 19.4. The van der Waals surface area contributed by atoms with E-state index in [1.807, 2.05) is 12.1 Å². The van der Waals surface area contributed by atoms with Gasteiger partial charge >= 0.3 is 6.18 Å². The van der Waals surface area contributed by atoms with E-state index in [2.05, 4.69) is 17.4 Å². The normalized spacial score (nSPS) is 17.2. The van der Waals surface area contributed by atoms with Crippen LogP contribution < -0.4 is 15.0 Å². The highest BCUT2D eigenvalue weighted by Crippen LogP contribution is 2.39. The van der Waals surface area contributed by atoms with Crippen LogP contribution in [-0.4, -0.2) is 36.1 Å². The van der Waals surface area contributed by atoms with Crippen molar-refractivity contribution < 1.29 is 27.6 Å². The molecule has 0 spiro atoms. The van der Waals surface area contributed by atoms with Gasteiger partial charge in [0.25, 0.3) is 11.6 Å². The Morgan fingerprint density at radius 3 is 2.46 bits per heavy atom. The zero-order valence-electron chi connectivity index (χ0n) is 19.7. The van der Waals surface area contributed by atoms with E-state index in [0.29, 0.717) is 13.0 Å². The summed E-state index contributed by atoms with van der Waals surface area (Å²) < 4.78 is 45.8. The number of amides is 1. The molecule has 10 heteroatoms. The van der Waals surface area contributed by atoms with Crippen molar-refractivity contribution in [2.24, 2.45) is 0 Å². The lowest BCUT2D eigenvalue weighted by molar-refractivity contribution is -0.384. The molecular formula is C27H24F3N3O4. The van der Waals surface area contributed by atoms with Crippen molar-refractivity contribution in [2.75, 3.05) is 18.1 Å². The van der Waals surface area contributed by atoms with Gasteiger partial charge in [0.2, 0.25) is 0 Å². The van der Waals surface area contributed by atoms with Gasteiger partial charge in [0.05, 0.1) is 22.2 Å². The lowest BCUT2D eigenvalue weighted by Gasteiger charge is -2.37. The summed E-state index contributed by atoms with van der Waals surface area (Å²) in [6, 6.07) is 16.0. The number of hydrogen-bond acceptors (Lipinski definition) is 5. The van der Waals surface area contributed by atoms with E-state index in [9.17, 15) is 28.1 Å². The highest BCUT2D eigenvalue weighted by Gasteiger charge is 2.36. The maximum atomic E-state index is 13.6. The fourth-order valence-electron chi connectivity index (χ4n) is 5.00. The Labute approximate surface area is 211 Å². The number of carbonyl (C=O) groups is 1. The number of nitrogens with zero attached hydrogens (tertiary/aromatic N) is 2. The van der Waals surface area contributed by atoms with Crippen molar-refractivity contribution in [3.8, 4) is 5.75 Å². The van der Waals surface area contributed by atoms with Gasteiger partial charge in [-0.25, -0.2) is 0 Å². The lowest BCUT2D eigenvalue weighted by atomic mass is 10.0. The van der Waals surface area contributed by atoms with Crippen molar-refractivity contribution in [2.45, 2.75) is 37.5 Å². The molecule has 2 aliphatic rings. The van der Waals surface area contributed by atoms with E-state index in [1.165, 1.54) is 46.4 Å². The summed E-state index contributed by atoms with van der Waals surface area (Å²) in [7, 11) is 0. The van der Waals surface area contributed by atoms with Gasteiger partial charge < -0.3 is 10.1 Å². The van der Waals surface area contributed by atoms with Gasteiger partial charge in [0.1, 0.15) is 12.4 Å². The summed E-state index contributed by atoms with van der Waals surface area (Å²) in [6.45, 7) is 0.644. The van der Waals surface area contributed by atoms with Crippen LogP contribution in [0.15, 0.2) is 66.7 Å². The van der Waals surface area contributed by atoms with Crippen molar-refractivity contribution in [3.63, 3.8) is 0 Å². The maximum Gasteiger partial charge on any atom is 0.416 e. The number of nitro groups is 1. The number of non-ortho nitro benzene ring substituents is 1. The fraction of sp³-hybridized carbons (Fsp3) is 0.296. The van der Waals surface area contributed by atoms with E-state index in [0.717, 1.165) is 25.0 Å². The first-order chi connectivity index (χ1) is 17.7. The topological polar surface area (TPSA) is 84.7 Å². The average Bonchev–Trinajstić information content (AvgIpc) is 3.30. The van der Waals surface area contributed by atoms with Gasteiger partial charge in [-0.2, -0.15) is 13.2 Å².